The Morgan fingerprint density at radius 1 is 1.20 bits per heavy atom. The summed E-state index contributed by atoms with van der Waals surface area (Å²) in [6.45, 7) is 2.47. The molecule has 1 heterocycles. The van der Waals surface area contributed by atoms with Crippen molar-refractivity contribution in [2.24, 2.45) is 10.9 Å². The standard InChI is InChI=1S/C23H37N5O.HI/c1-24-23(25-16-21(27(2)3)15-18-9-5-4-6-10-18)26-20-13-14-28(17-20)22(29)19-11-7-8-12-19;/h4-6,9-10,19-21H,7-8,11-17H2,1-3H3,(H2,24,25,26);1H. The van der Waals surface area contributed by atoms with E-state index < -0.39 is 0 Å². The second kappa shape index (κ2) is 12.5. The number of benzene rings is 1. The molecule has 0 radical (unpaired) electrons. The van der Waals surface area contributed by atoms with E-state index in [1.54, 1.807) is 0 Å². The molecule has 2 unspecified atom stereocenters. The summed E-state index contributed by atoms with van der Waals surface area (Å²) in [4.78, 5) is 21.4. The highest BCUT2D eigenvalue weighted by molar-refractivity contribution is 14.0. The Morgan fingerprint density at radius 3 is 2.53 bits per heavy atom. The van der Waals surface area contributed by atoms with Crippen LogP contribution in [0.5, 0.6) is 0 Å². The van der Waals surface area contributed by atoms with Gasteiger partial charge < -0.3 is 20.4 Å². The molecule has 2 N–H and O–H groups in total. The number of halogens is 1. The molecule has 0 bridgehead atoms. The molecule has 1 aliphatic carbocycles. The summed E-state index contributed by atoms with van der Waals surface area (Å²) in [5, 5.41) is 7.02. The second-order valence-electron chi connectivity index (χ2n) is 8.66. The average Bonchev–Trinajstić information content (AvgIpc) is 3.42. The topological polar surface area (TPSA) is 60.0 Å². The quantitative estimate of drug-likeness (QED) is 0.326. The molecule has 3 rings (SSSR count). The molecule has 1 aromatic rings. The van der Waals surface area contributed by atoms with E-state index >= 15 is 0 Å². The lowest BCUT2D eigenvalue weighted by Gasteiger charge is -2.26. The third-order valence-electron chi connectivity index (χ3n) is 6.32. The molecule has 30 heavy (non-hydrogen) atoms. The van der Waals surface area contributed by atoms with E-state index in [9.17, 15) is 4.79 Å². The molecule has 0 spiro atoms. The van der Waals surface area contributed by atoms with Crippen LogP contribution in [-0.2, 0) is 11.2 Å². The first-order valence-corrected chi connectivity index (χ1v) is 11.0. The largest absolute Gasteiger partial charge is 0.355 e. The monoisotopic (exact) mass is 527 g/mol. The average molecular weight is 527 g/mol. The van der Waals surface area contributed by atoms with E-state index in [0.29, 0.717) is 11.9 Å². The SMILES string of the molecule is CN=C(NCC(Cc1ccccc1)N(C)C)NC1CCN(C(=O)C2CCCC2)C1.I. The van der Waals surface area contributed by atoms with Crippen LogP contribution in [0.2, 0.25) is 0 Å². The van der Waals surface area contributed by atoms with Crippen LogP contribution in [0.25, 0.3) is 0 Å². The van der Waals surface area contributed by atoms with E-state index in [4.69, 9.17) is 0 Å². The zero-order chi connectivity index (χ0) is 20.6. The van der Waals surface area contributed by atoms with Crippen LogP contribution >= 0.6 is 24.0 Å². The van der Waals surface area contributed by atoms with Crippen molar-refractivity contribution in [2.75, 3.05) is 40.8 Å². The number of aliphatic imine (C=N–C) groups is 1. The molecule has 2 fully saturated rings. The van der Waals surface area contributed by atoms with Crippen molar-refractivity contribution in [1.82, 2.24) is 20.4 Å². The van der Waals surface area contributed by atoms with Gasteiger partial charge in [-0.05, 0) is 45.3 Å². The van der Waals surface area contributed by atoms with Crippen molar-refractivity contribution >= 4 is 35.8 Å². The van der Waals surface area contributed by atoms with Gasteiger partial charge in [-0.3, -0.25) is 9.79 Å². The molecule has 2 aliphatic rings. The first-order valence-electron chi connectivity index (χ1n) is 11.0. The Bertz CT molecular complexity index is 675. The van der Waals surface area contributed by atoms with Crippen molar-refractivity contribution in [3.05, 3.63) is 35.9 Å². The predicted octanol–water partition coefficient (Wildman–Crippen LogP) is 2.73. The maximum atomic E-state index is 12.7. The number of likely N-dealkylation sites (N-methyl/N-ethyl adjacent to an activating group) is 1. The molecule has 6 nitrogen and oxygen atoms in total. The Morgan fingerprint density at radius 2 is 1.90 bits per heavy atom. The maximum absolute atomic E-state index is 12.7. The smallest absolute Gasteiger partial charge is 0.225 e. The minimum Gasteiger partial charge on any atom is -0.355 e. The van der Waals surface area contributed by atoms with E-state index in [-0.39, 0.29) is 35.9 Å². The second-order valence-corrected chi connectivity index (χ2v) is 8.66. The molecule has 7 heteroatoms. The Hall–Kier alpha value is -1.35. The number of carbonyl (C=O) groups excluding carboxylic acids is 1. The van der Waals surface area contributed by atoms with Crippen LogP contribution < -0.4 is 10.6 Å². The minimum absolute atomic E-state index is 0. The summed E-state index contributed by atoms with van der Waals surface area (Å²) in [6, 6.07) is 11.2. The summed E-state index contributed by atoms with van der Waals surface area (Å²) >= 11 is 0. The van der Waals surface area contributed by atoms with E-state index in [2.05, 4.69) is 69.9 Å². The van der Waals surface area contributed by atoms with Crippen LogP contribution in [0.1, 0.15) is 37.7 Å². The Kier molecular flexibility index (Phi) is 10.4. The number of amides is 1. The molecule has 168 valence electrons. The van der Waals surface area contributed by atoms with Crippen molar-refractivity contribution in [1.29, 1.82) is 0 Å². The predicted molar refractivity (Wildman–Crippen MR) is 134 cm³/mol. The normalized spacial score (nSPS) is 20.9. The molecule has 1 amide bonds. The third-order valence-corrected chi connectivity index (χ3v) is 6.32. The number of carbonyl (C=O) groups is 1. The fourth-order valence-electron chi connectivity index (χ4n) is 4.44. The maximum Gasteiger partial charge on any atom is 0.225 e. The highest BCUT2D eigenvalue weighted by Crippen LogP contribution is 2.27. The fraction of sp³-hybridized carbons (Fsp3) is 0.652. The Balaban J connectivity index is 0.00000320. The van der Waals surface area contributed by atoms with Crippen LogP contribution in [-0.4, -0.2) is 74.5 Å². The highest BCUT2D eigenvalue weighted by atomic mass is 127. The van der Waals surface area contributed by atoms with Gasteiger partial charge in [0, 0.05) is 44.7 Å². The van der Waals surface area contributed by atoms with E-state index in [1.165, 1.54) is 18.4 Å². The summed E-state index contributed by atoms with van der Waals surface area (Å²) in [6.07, 6.45) is 6.54. The molecule has 1 aliphatic heterocycles. The van der Waals surface area contributed by atoms with Crippen LogP contribution in [0, 0.1) is 5.92 Å². The molecule has 0 aromatic heterocycles. The number of nitrogens with zero attached hydrogens (tertiary/aromatic N) is 3. The lowest BCUT2D eigenvalue weighted by atomic mass is 10.1. The minimum atomic E-state index is 0. The van der Waals surface area contributed by atoms with Gasteiger partial charge in [0.1, 0.15) is 0 Å². The van der Waals surface area contributed by atoms with Crippen molar-refractivity contribution in [3.8, 4) is 0 Å². The first-order chi connectivity index (χ1) is 14.1. The van der Waals surface area contributed by atoms with Crippen molar-refractivity contribution in [2.45, 2.75) is 50.6 Å². The van der Waals surface area contributed by atoms with Crippen LogP contribution in [0.3, 0.4) is 0 Å². The van der Waals surface area contributed by atoms with Gasteiger partial charge >= 0.3 is 0 Å². The van der Waals surface area contributed by atoms with Gasteiger partial charge in [-0.25, -0.2) is 0 Å². The number of hydrogen-bond acceptors (Lipinski definition) is 3. The number of rotatable bonds is 7. The van der Waals surface area contributed by atoms with Gasteiger partial charge in [-0.2, -0.15) is 0 Å². The first kappa shape index (κ1) is 24.9. The van der Waals surface area contributed by atoms with Gasteiger partial charge in [0.25, 0.3) is 0 Å². The number of hydrogen-bond donors (Lipinski definition) is 2. The number of guanidine groups is 1. The summed E-state index contributed by atoms with van der Waals surface area (Å²) in [5.41, 5.74) is 1.34. The van der Waals surface area contributed by atoms with E-state index in [0.717, 1.165) is 51.3 Å². The highest BCUT2D eigenvalue weighted by Gasteiger charge is 2.32. The fourth-order valence-corrected chi connectivity index (χ4v) is 4.44. The molecular weight excluding hydrogens is 489 g/mol. The molecule has 2 atom stereocenters. The zero-order valence-corrected chi connectivity index (χ0v) is 21.0. The van der Waals surface area contributed by atoms with Gasteiger partial charge in [-0.15, -0.1) is 24.0 Å². The summed E-state index contributed by atoms with van der Waals surface area (Å²) < 4.78 is 0. The third kappa shape index (κ3) is 7.11. The van der Waals surface area contributed by atoms with Gasteiger partial charge in [0.15, 0.2) is 5.96 Å². The molecular formula is C23H38IN5O. The van der Waals surface area contributed by atoms with E-state index in [1.807, 2.05) is 7.05 Å². The van der Waals surface area contributed by atoms with Gasteiger partial charge in [0.05, 0.1) is 0 Å². The molecule has 1 saturated carbocycles. The van der Waals surface area contributed by atoms with Crippen molar-refractivity contribution in [3.63, 3.8) is 0 Å². The zero-order valence-electron chi connectivity index (χ0n) is 18.6. The summed E-state index contributed by atoms with van der Waals surface area (Å²) in [7, 11) is 6.05. The van der Waals surface area contributed by atoms with Gasteiger partial charge in [0.2, 0.25) is 5.91 Å². The number of nitrogens with one attached hydrogen (secondary N) is 2. The Labute approximate surface area is 198 Å². The summed E-state index contributed by atoms with van der Waals surface area (Å²) in [5.74, 6) is 1.46. The molecule has 1 aromatic carbocycles. The van der Waals surface area contributed by atoms with Gasteiger partial charge in [-0.1, -0.05) is 43.2 Å². The van der Waals surface area contributed by atoms with Crippen LogP contribution in [0.4, 0.5) is 0 Å². The van der Waals surface area contributed by atoms with Crippen LogP contribution in [0.15, 0.2) is 35.3 Å². The molecule has 1 saturated heterocycles. The number of likely N-dealkylation sites (tertiary alicyclic amines) is 1. The lowest BCUT2D eigenvalue weighted by Crippen LogP contribution is -2.49. The van der Waals surface area contributed by atoms with Crippen molar-refractivity contribution < 1.29 is 4.79 Å². The lowest BCUT2D eigenvalue weighted by molar-refractivity contribution is -0.134.